The van der Waals surface area contributed by atoms with Gasteiger partial charge in [-0.25, -0.2) is 4.98 Å². The van der Waals surface area contributed by atoms with Crippen molar-refractivity contribution < 1.29 is 13.2 Å². The third kappa shape index (κ3) is 2.40. The lowest BCUT2D eigenvalue weighted by Crippen LogP contribution is -2.28. The molecule has 3 nitrogen and oxygen atoms in total. The average Bonchev–Trinajstić information content (AvgIpc) is 2.81. The normalized spacial score (nSPS) is 20.5. The molecular weight excluding hydrogens is 267 g/mol. The Labute approximate surface area is 114 Å². The number of hydrogen-bond acceptors (Lipinski definition) is 2. The molecule has 0 radical (unpaired) electrons. The van der Waals surface area contributed by atoms with Gasteiger partial charge in [-0.15, -0.1) is 0 Å². The van der Waals surface area contributed by atoms with Crippen LogP contribution in [0.3, 0.4) is 0 Å². The zero-order valence-corrected chi connectivity index (χ0v) is 11.1. The van der Waals surface area contributed by atoms with E-state index in [2.05, 4.69) is 15.3 Å². The van der Waals surface area contributed by atoms with Gasteiger partial charge < -0.3 is 10.3 Å². The van der Waals surface area contributed by atoms with Crippen molar-refractivity contribution >= 4 is 11.0 Å². The maximum atomic E-state index is 13.1. The van der Waals surface area contributed by atoms with Crippen LogP contribution in [0.15, 0.2) is 12.1 Å². The van der Waals surface area contributed by atoms with Gasteiger partial charge in [0.15, 0.2) is 0 Å². The molecule has 1 atom stereocenters. The molecule has 3 rings (SSSR count). The molecular formula is C14H16F3N3. The van der Waals surface area contributed by atoms with Crippen LogP contribution in [0.5, 0.6) is 0 Å². The Hall–Kier alpha value is -1.56. The molecule has 108 valence electrons. The Morgan fingerprint density at radius 1 is 1.30 bits per heavy atom. The molecule has 0 saturated carbocycles. The Morgan fingerprint density at radius 2 is 2.10 bits per heavy atom. The summed E-state index contributed by atoms with van der Waals surface area (Å²) in [5.74, 6) is 0.820. The number of imidazole rings is 1. The van der Waals surface area contributed by atoms with Crippen LogP contribution in [0.1, 0.15) is 35.7 Å². The number of halogens is 3. The van der Waals surface area contributed by atoms with E-state index >= 15 is 0 Å². The van der Waals surface area contributed by atoms with Crippen molar-refractivity contribution in [1.29, 1.82) is 0 Å². The van der Waals surface area contributed by atoms with Crippen LogP contribution in [0.25, 0.3) is 11.0 Å². The van der Waals surface area contributed by atoms with Crippen LogP contribution in [0, 0.1) is 6.92 Å². The first-order chi connectivity index (χ1) is 9.45. The van der Waals surface area contributed by atoms with Gasteiger partial charge in [0, 0.05) is 12.5 Å². The second-order valence-electron chi connectivity index (χ2n) is 5.37. The maximum Gasteiger partial charge on any atom is 0.418 e. The van der Waals surface area contributed by atoms with Gasteiger partial charge in [-0.2, -0.15) is 13.2 Å². The van der Waals surface area contributed by atoms with Gasteiger partial charge in [-0.05, 0) is 44.0 Å². The summed E-state index contributed by atoms with van der Waals surface area (Å²) in [6.07, 6.45) is -2.40. The fraction of sp³-hybridized carbons (Fsp3) is 0.500. The minimum Gasteiger partial charge on any atom is -0.342 e. The second kappa shape index (κ2) is 4.77. The van der Waals surface area contributed by atoms with Crippen LogP contribution in [0.4, 0.5) is 13.2 Å². The van der Waals surface area contributed by atoms with E-state index in [1.807, 2.05) is 0 Å². The van der Waals surface area contributed by atoms with Crippen molar-refractivity contribution in [3.63, 3.8) is 0 Å². The molecule has 0 aliphatic carbocycles. The number of benzene rings is 1. The van der Waals surface area contributed by atoms with E-state index in [0.29, 0.717) is 16.9 Å². The molecule has 0 amide bonds. The number of aromatic amines is 1. The first-order valence-corrected chi connectivity index (χ1v) is 6.73. The number of H-pyrrole nitrogens is 1. The summed E-state index contributed by atoms with van der Waals surface area (Å²) in [5, 5.41) is 3.25. The molecule has 1 saturated heterocycles. The van der Waals surface area contributed by atoms with Gasteiger partial charge in [-0.3, -0.25) is 0 Å². The summed E-state index contributed by atoms with van der Waals surface area (Å²) in [6.45, 7) is 3.39. The Kier molecular flexibility index (Phi) is 3.20. The molecule has 0 bridgehead atoms. The molecule has 1 aliphatic rings. The van der Waals surface area contributed by atoms with Gasteiger partial charge in [-0.1, -0.05) is 0 Å². The van der Waals surface area contributed by atoms with Crippen molar-refractivity contribution in [2.45, 2.75) is 31.9 Å². The number of aromatic nitrogens is 2. The molecule has 1 aromatic carbocycles. The van der Waals surface area contributed by atoms with E-state index in [4.69, 9.17) is 0 Å². The molecule has 2 heterocycles. The summed E-state index contributed by atoms with van der Waals surface area (Å²) in [4.78, 5) is 7.30. The zero-order valence-electron chi connectivity index (χ0n) is 11.1. The molecule has 6 heteroatoms. The van der Waals surface area contributed by atoms with Crippen LogP contribution < -0.4 is 5.32 Å². The van der Waals surface area contributed by atoms with E-state index in [1.165, 1.54) is 0 Å². The van der Waals surface area contributed by atoms with Crippen LogP contribution in [0.2, 0.25) is 0 Å². The van der Waals surface area contributed by atoms with E-state index in [0.717, 1.165) is 32.0 Å². The Balaban J connectivity index is 2.10. The topological polar surface area (TPSA) is 40.7 Å². The predicted molar refractivity (Wildman–Crippen MR) is 70.7 cm³/mol. The largest absolute Gasteiger partial charge is 0.418 e. The number of aryl methyl sites for hydroxylation is 1. The van der Waals surface area contributed by atoms with Gasteiger partial charge in [0.1, 0.15) is 11.3 Å². The van der Waals surface area contributed by atoms with Crippen molar-refractivity contribution in [1.82, 2.24) is 15.3 Å². The molecule has 0 spiro atoms. The highest BCUT2D eigenvalue weighted by atomic mass is 19.4. The first-order valence-electron chi connectivity index (χ1n) is 6.73. The van der Waals surface area contributed by atoms with Crippen molar-refractivity contribution in [2.75, 3.05) is 13.1 Å². The standard InChI is InChI=1S/C14H16F3N3/c1-8-5-10(14(15,16)17)12-11(6-8)19-13(20-12)9-3-2-4-18-7-9/h5-6,9,18H,2-4,7H2,1H3,(H,19,20). The summed E-state index contributed by atoms with van der Waals surface area (Å²) in [7, 11) is 0. The summed E-state index contributed by atoms with van der Waals surface area (Å²) < 4.78 is 39.2. The average molecular weight is 283 g/mol. The lowest BCUT2D eigenvalue weighted by Gasteiger charge is -2.20. The first kappa shape index (κ1) is 13.4. The van der Waals surface area contributed by atoms with Crippen LogP contribution in [-0.4, -0.2) is 23.1 Å². The van der Waals surface area contributed by atoms with E-state index in [9.17, 15) is 13.2 Å². The molecule has 1 aromatic heterocycles. The molecule has 2 N–H and O–H groups in total. The van der Waals surface area contributed by atoms with Gasteiger partial charge in [0.05, 0.1) is 11.1 Å². The number of alkyl halides is 3. The number of piperidine rings is 1. The summed E-state index contributed by atoms with van der Waals surface area (Å²) in [6, 6.07) is 2.88. The van der Waals surface area contributed by atoms with Crippen molar-refractivity contribution in [2.24, 2.45) is 0 Å². The fourth-order valence-corrected chi connectivity index (χ4v) is 2.78. The third-order valence-corrected chi connectivity index (χ3v) is 3.74. The SMILES string of the molecule is Cc1cc(C(F)(F)F)c2nc(C3CCCNC3)[nH]c2c1. The van der Waals surface area contributed by atoms with Crippen LogP contribution in [-0.2, 0) is 6.18 Å². The predicted octanol–water partition coefficient (Wildman–Crippen LogP) is 3.36. The molecule has 2 aromatic rings. The third-order valence-electron chi connectivity index (χ3n) is 3.74. The summed E-state index contributed by atoms with van der Waals surface area (Å²) in [5.41, 5.74) is 0.433. The number of rotatable bonds is 1. The molecule has 1 fully saturated rings. The highest BCUT2D eigenvalue weighted by Crippen LogP contribution is 2.35. The highest BCUT2D eigenvalue weighted by Gasteiger charge is 2.34. The fourth-order valence-electron chi connectivity index (χ4n) is 2.78. The highest BCUT2D eigenvalue weighted by molar-refractivity contribution is 5.80. The van der Waals surface area contributed by atoms with Crippen molar-refractivity contribution in [3.8, 4) is 0 Å². The molecule has 1 unspecified atom stereocenters. The lowest BCUT2D eigenvalue weighted by atomic mass is 9.99. The monoisotopic (exact) mass is 283 g/mol. The number of nitrogens with zero attached hydrogens (tertiary/aromatic N) is 1. The number of hydrogen-bond donors (Lipinski definition) is 2. The smallest absolute Gasteiger partial charge is 0.342 e. The van der Waals surface area contributed by atoms with Crippen molar-refractivity contribution in [3.05, 3.63) is 29.1 Å². The van der Waals surface area contributed by atoms with E-state index in [-0.39, 0.29) is 11.4 Å². The summed E-state index contributed by atoms with van der Waals surface area (Å²) >= 11 is 0. The number of nitrogens with one attached hydrogen (secondary N) is 2. The second-order valence-corrected chi connectivity index (χ2v) is 5.37. The van der Waals surface area contributed by atoms with Gasteiger partial charge in [0.25, 0.3) is 0 Å². The van der Waals surface area contributed by atoms with Gasteiger partial charge in [0.2, 0.25) is 0 Å². The minimum absolute atomic E-state index is 0.0312. The van der Waals surface area contributed by atoms with Gasteiger partial charge >= 0.3 is 6.18 Å². The lowest BCUT2D eigenvalue weighted by molar-refractivity contribution is -0.136. The molecule has 20 heavy (non-hydrogen) atoms. The van der Waals surface area contributed by atoms with E-state index in [1.54, 1.807) is 13.0 Å². The molecule has 1 aliphatic heterocycles. The Bertz CT molecular complexity index is 624. The zero-order chi connectivity index (χ0) is 14.3. The van der Waals surface area contributed by atoms with Crippen LogP contribution >= 0.6 is 0 Å². The quantitative estimate of drug-likeness (QED) is 0.842. The minimum atomic E-state index is -4.37. The van der Waals surface area contributed by atoms with E-state index < -0.39 is 11.7 Å². The number of fused-ring (bicyclic) bond motifs is 1. The maximum absolute atomic E-state index is 13.1. The Morgan fingerprint density at radius 3 is 2.75 bits per heavy atom.